The van der Waals surface area contributed by atoms with E-state index in [9.17, 15) is 15.2 Å². The second kappa shape index (κ2) is 4.75. The van der Waals surface area contributed by atoms with E-state index in [1.54, 1.807) is 6.08 Å². The van der Waals surface area contributed by atoms with Gasteiger partial charge in [-0.15, -0.1) is 6.58 Å². The SMILES string of the molecule is C=C[C@@H](CC)[C@@H](O)c1ccc([N+](=O)[O-])o1. The van der Waals surface area contributed by atoms with Crippen molar-refractivity contribution in [2.24, 2.45) is 5.92 Å². The van der Waals surface area contributed by atoms with E-state index in [4.69, 9.17) is 4.42 Å². The van der Waals surface area contributed by atoms with Crippen LogP contribution in [0.4, 0.5) is 5.88 Å². The first-order chi connectivity index (χ1) is 7.10. The Kier molecular flexibility index (Phi) is 3.62. The Balaban J connectivity index is 2.86. The van der Waals surface area contributed by atoms with Crippen LogP contribution in [-0.4, -0.2) is 10.0 Å². The molecule has 15 heavy (non-hydrogen) atoms. The van der Waals surface area contributed by atoms with Crippen LogP contribution in [0.5, 0.6) is 0 Å². The van der Waals surface area contributed by atoms with Gasteiger partial charge >= 0.3 is 5.88 Å². The highest BCUT2D eigenvalue weighted by Gasteiger charge is 2.22. The van der Waals surface area contributed by atoms with Gasteiger partial charge in [0.05, 0.1) is 6.07 Å². The number of furan rings is 1. The zero-order valence-electron chi connectivity index (χ0n) is 8.42. The number of nitro groups is 1. The summed E-state index contributed by atoms with van der Waals surface area (Å²) in [6, 6.07) is 2.64. The van der Waals surface area contributed by atoms with Gasteiger partial charge in [0, 0.05) is 5.92 Å². The lowest BCUT2D eigenvalue weighted by Crippen LogP contribution is -2.08. The molecule has 2 atom stereocenters. The van der Waals surface area contributed by atoms with E-state index in [-0.39, 0.29) is 17.6 Å². The molecule has 1 aromatic heterocycles. The summed E-state index contributed by atoms with van der Waals surface area (Å²) in [4.78, 5) is 9.72. The Morgan fingerprint density at radius 3 is 2.80 bits per heavy atom. The maximum Gasteiger partial charge on any atom is 0.433 e. The summed E-state index contributed by atoms with van der Waals surface area (Å²) >= 11 is 0. The highest BCUT2D eigenvalue weighted by atomic mass is 16.6. The average Bonchev–Trinajstić information content (AvgIpc) is 2.68. The summed E-state index contributed by atoms with van der Waals surface area (Å²) in [5.41, 5.74) is 0. The van der Waals surface area contributed by atoms with Gasteiger partial charge in [-0.25, -0.2) is 0 Å². The number of hydrogen-bond acceptors (Lipinski definition) is 4. The van der Waals surface area contributed by atoms with Gasteiger partial charge in [-0.2, -0.15) is 0 Å². The first kappa shape index (κ1) is 11.5. The molecule has 0 aromatic carbocycles. The van der Waals surface area contributed by atoms with E-state index in [2.05, 4.69) is 6.58 Å². The van der Waals surface area contributed by atoms with Gasteiger partial charge in [0.1, 0.15) is 16.8 Å². The zero-order valence-corrected chi connectivity index (χ0v) is 8.42. The van der Waals surface area contributed by atoms with Gasteiger partial charge in [0.25, 0.3) is 0 Å². The monoisotopic (exact) mass is 211 g/mol. The summed E-state index contributed by atoms with van der Waals surface area (Å²) in [6.45, 7) is 5.48. The molecule has 0 aliphatic carbocycles. The Labute approximate surface area is 87.2 Å². The number of nitrogens with zero attached hydrogens (tertiary/aromatic N) is 1. The summed E-state index contributed by atoms with van der Waals surface area (Å²) < 4.78 is 4.89. The highest BCUT2D eigenvalue weighted by molar-refractivity contribution is 5.20. The van der Waals surface area contributed by atoms with Crippen LogP contribution in [0, 0.1) is 16.0 Å². The third-order valence-electron chi connectivity index (χ3n) is 2.26. The molecule has 1 heterocycles. The number of rotatable bonds is 5. The minimum absolute atomic E-state index is 0.157. The van der Waals surface area contributed by atoms with E-state index in [1.165, 1.54) is 12.1 Å². The second-order valence-electron chi connectivity index (χ2n) is 3.19. The summed E-state index contributed by atoms with van der Waals surface area (Å²) in [6.07, 6.45) is 1.43. The second-order valence-corrected chi connectivity index (χ2v) is 3.19. The molecule has 0 unspecified atom stereocenters. The third kappa shape index (κ3) is 2.44. The van der Waals surface area contributed by atoms with Gasteiger partial charge in [-0.1, -0.05) is 13.0 Å². The van der Waals surface area contributed by atoms with Crippen molar-refractivity contribution in [3.63, 3.8) is 0 Å². The Bertz CT molecular complexity index is 358. The maximum atomic E-state index is 10.4. The van der Waals surface area contributed by atoms with Crippen LogP contribution in [0.2, 0.25) is 0 Å². The first-order valence-corrected chi connectivity index (χ1v) is 4.64. The maximum absolute atomic E-state index is 10.4. The van der Waals surface area contributed by atoms with Gasteiger partial charge in [0.15, 0.2) is 0 Å². The van der Waals surface area contributed by atoms with Gasteiger partial charge in [0.2, 0.25) is 0 Å². The Hall–Kier alpha value is -1.62. The van der Waals surface area contributed by atoms with E-state index in [1.807, 2.05) is 6.92 Å². The van der Waals surface area contributed by atoms with Crippen LogP contribution in [0.1, 0.15) is 25.2 Å². The highest BCUT2D eigenvalue weighted by Crippen LogP contribution is 2.28. The molecule has 0 spiro atoms. The van der Waals surface area contributed by atoms with Crippen molar-refractivity contribution < 1.29 is 14.4 Å². The topological polar surface area (TPSA) is 76.5 Å². The fourth-order valence-electron chi connectivity index (χ4n) is 1.33. The van der Waals surface area contributed by atoms with Gasteiger partial charge < -0.3 is 9.52 Å². The van der Waals surface area contributed by atoms with E-state index in [0.29, 0.717) is 6.42 Å². The molecule has 0 saturated carbocycles. The van der Waals surface area contributed by atoms with E-state index >= 15 is 0 Å². The van der Waals surface area contributed by atoms with Gasteiger partial charge in [-0.05, 0) is 12.5 Å². The van der Waals surface area contributed by atoms with Crippen LogP contribution in [0.15, 0.2) is 29.2 Å². The number of aliphatic hydroxyl groups excluding tert-OH is 1. The van der Waals surface area contributed by atoms with Crippen LogP contribution in [0.3, 0.4) is 0 Å². The molecule has 0 fully saturated rings. The molecule has 0 radical (unpaired) electrons. The molecule has 0 amide bonds. The third-order valence-corrected chi connectivity index (χ3v) is 2.26. The molecule has 5 nitrogen and oxygen atoms in total. The molecule has 5 heteroatoms. The lowest BCUT2D eigenvalue weighted by molar-refractivity contribution is -0.402. The zero-order chi connectivity index (χ0) is 11.4. The van der Waals surface area contributed by atoms with Crippen molar-refractivity contribution >= 4 is 5.88 Å². The molecule has 1 N–H and O–H groups in total. The normalized spacial score (nSPS) is 14.5. The van der Waals surface area contributed by atoms with Gasteiger partial charge in [-0.3, -0.25) is 10.1 Å². The van der Waals surface area contributed by atoms with Crippen LogP contribution >= 0.6 is 0 Å². The molecule has 1 rings (SSSR count). The molecule has 82 valence electrons. The fourth-order valence-corrected chi connectivity index (χ4v) is 1.33. The van der Waals surface area contributed by atoms with Crippen molar-refractivity contribution in [3.05, 3.63) is 40.7 Å². The standard InChI is InChI=1S/C10H13NO4/c1-3-7(4-2)10(12)8-5-6-9(15-8)11(13)14/h3,5-7,10,12H,1,4H2,2H3/t7-,10+/m0/s1. The molecule has 0 bridgehead atoms. The predicted molar refractivity (Wildman–Crippen MR) is 54.3 cm³/mol. The van der Waals surface area contributed by atoms with Crippen molar-refractivity contribution in [2.45, 2.75) is 19.4 Å². The minimum Gasteiger partial charge on any atom is -0.403 e. The molecular formula is C10H13NO4. The first-order valence-electron chi connectivity index (χ1n) is 4.64. The van der Waals surface area contributed by atoms with Crippen molar-refractivity contribution in [3.8, 4) is 0 Å². The Morgan fingerprint density at radius 2 is 2.40 bits per heavy atom. The minimum atomic E-state index is -0.874. The van der Waals surface area contributed by atoms with Crippen molar-refractivity contribution in [1.29, 1.82) is 0 Å². The summed E-state index contributed by atoms with van der Waals surface area (Å²) in [5.74, 6) is -0.313. The van der Waals surface area contributed by atoms with E-state index < -0.39 is 11.0 Å². The van der Waals surface area contributed by atoms with Crippen molar-refractivity contribution in [2.75, 3.05) is 0 Å². The van der Waals surface area contributed by atoms with Crippen LogP contribution < -0.4 is 0 Å². The van der Waals surface area contributed by atoms with E-state index in [0.717, 1.165) is 0 Å². The molecule has 0 aliphatic heterocycles. The molecule has 0 aliphatic rings. The molecular weight excluding hydrogens is 198 g/mol. The van der Waals surface area contributed by atoms with Crippen LogP contribution in [-0.2, 0) is 0 Å². The smallest absolute Gasteiger partial charge is 0.403 e. The summed E-state index contributed by atoms with van der Waals surface area (Å²) in [5, 5.41) is 20.1. The lowest BCUT2D eigenvalue weighted by atomic mass is 9.98. The molecule has 1 aromatic rings. The number of aliphatic hydroxyl groups is 1. The quantitative estimate of drug-likeness (QED) is 0.461. The largest absolute Gasteiger partial charge is 0.433 e. The number of hydrogen-bond donors (Lipinski definition) is 1. The van der Waals surface area contributed by atoms with Crippen LogP contribution in [0.25, 0.3) is 0 Å². The fraction of sp³-hybridized carbons (Fsp3) is 0.400. The summed E-state index contributed by atoms with van der Waals surface area (Å²) in [7, 11) is 0. The lowest BCUT2D eigenvalue weighted by Gasteiger charge is -2.14. The molecule has 0 saturated heterocycles. The Morgan fingerprint density at radius 1 is 1.73 bits per heavy atom. The average molecular weight is 211 g/mol. The van der Waals surface area contributed by atoms with Crippen molar-refractivity contribution in [1.82, 2.24) is 0 Å². The predicted octanol–water partition coefficient (Wildman–Crippen LogP) is 2.43.